The second-order valence-corrected chi connectivity index (χ2v) is 8.72. The van der Waals surface area contributed by atoms with Gasteiger partial charge in [-0.25, -0.2) is 13.1 Å². The molecule has 2 heterocycles. The molecule has 1 N–H and O–H groups in total. The fourth-order valence-electron chi connectivity index (χ4n) is 3.30. The Bertz CT molecular complexity index is 977. The summed E-state index contributed by atoms with van der Waals surface area (Å²) in [5.41, 5.74) is 0. The Morgan fingerprint density at radius 3 is 2.63 bits per heavy atom. The van der Waals surface area contributed by atoms with Crippen molar-refractivity contribution in [2.75, 3.05) is 33.9 Å². The Hall–Kier alpha value is -2.78. The van der Waals surface area contributed by atoms with Gasteiger partial charge in [-0.15, -0.1) is 0 Å². The SMILES string of the molecule is COc1ccc(S(=O)(=O)NCC2CCN(C(=O)/C=C/c3ccco3)CC2)c(OC)c1. The molecule has 0 radical (unpaired) electrons. The Labute approximate surface area is 176 Å². The predicted octanol–water partition coefficient (Wildman–Crippen LogP) is 2.53. The summed E-state index contributed by atoms with van der Waals surface area (Å²) in [6.45, 7) is 1.47. The molecule has 30 heavy (non-hydrogen) atoms. The van der Waals surface area contributed by atoms with E-state index in [2.05, 4.69) is 4.72 Å². The summed E-state index contributed by atoms with van der Waals surface area (Å²) >= 11 is 0. The lowest BCUT2D eigenvalue weighted by molar-refractivity contribution is -0.127. The van der Waals surface area contributed by atoms with Gasteiger partial charge in [0.05, 0.1) is 20.5 Å². The van der Waals surface area contributed by atoms with E-state index in [1.807, 2.05) is 0 Å². The van der Waals surface area contributed by atoms with Crippen LogP contribution in [0.25, 0.3) is 6.08 Å². The summed E-state index contributed by atoms with van der Waals surface area (Å²) in [5.74, 6) is 1.45. The second kappa shape index (κ2) is 9.82. The monoisotopic (exact) mass is 434 g/mol. The number of benzene rings is 1. The number of amides is 1. The molecule has 1 fully saturated rings. The molecule has 8 nitrogen and oxygen atoms in total. The van der Waals surface area contributed by atoms with Gasteiger partial charge < -0.3 is 18.8 Å². The fraction of sp³-hybridized carbons (Fsp3) is 0.381. The highest BCUT2D eigenvalue weighted by Crippen LogP contribution is 2.28. The van der Waals surface area contributed by atoms with Crippen molar-refractivity contribution in [1.29, 1.82) is 0 Å². The van der Waals surface area contributed by atoms with Crippen molar-refractivity contribution >= 4 is 22.0 Å². The van der Waals surface area contributed by atoms with Crippen molar-refractivity contribution < 1.29 is 27.1 Å². The van der Waals surface area contributed by atoms with Crippen LogP contribution in [0.4, 0.5) is 0 Å². The maximum atomic E-state index is 12.7. The number of carbonyl (C=O) groups is 1. The van der Waals surface area contributed by atoms with Gasteiger partial charge in [-0.3, -0.25) is 4.79 Å². The van der Waals surface area contributed by atoms with Crippen LogP contribution < -0.4 is 14.2 Å². The van der Waals surface area contributed by atoms with Gasteiger partial charge in [-0.1, -0.05) is 0 Å². The molecule has 0 saturated carbocycles. The lowest BCUT2D eigenvalue weighted by atomic mass is 9.97. The number of hydrogen-bond acceptors (Lipinski definition) is 6. The third-order valence-electron chi connectivity index (χ3n) is 5.08. The summed E-state index contributed by atoms with van der Waals surface area (Å²) in [6.07, 6.45) is 6.14. The van der Waals surface area contributed by atoms with E-state index in [0.29, 0.717) is 31.1 Å². The van der Waals surface area contributed by atoms with Crippen molar-refractivity contribution in [3.63, 3.8) is 0 Å². The summed E-state index contributed by atoms with van der Waals surface area (Å²) in [7, 11) is -0.801. The number of nitrogens with one attached hydrogen (secondary N) is 1. The number of likely N-dealkylation sites (tertiary alicyclic amines) is 1. The largest absolute Gasteiger partial charge is 0.497 e. The molecule has 0 spiro atoms. The molecule has 1 aromatic heterocycles. The van der Waals surface area contributed by atoms with E-state index in [4.69, 9.17) is 13.9 Å². The van der Waals surface area contributed by atoms with Gasteiger partial charge in [0, 0.05) is 31.8 Å². The molecule has 0 unspecified atom stereocenters. The predicted molar refractivity (Wildman–Crippen MR) is 112 cm³/mol. The molecule has 0 bridgehead atoms. The van der Waals surface area contributed by atoms with Gasteiger partial charge in [-0.05, 0) is 49.1 Å². The molecule has 0 aliphatic carbocycles. The van der Waals surface area contributed by atoms with Gasteiger partial charge in [0.25, 0.3) is 0 Å². The number of sulfonamides is 1. The van der Waals surface area contributed by atoms with E-state index in [1.165, 1.54) is 32.4 Å². The van der Waals surface area contributed by atoms with Crippen molar-refractivity contribution in [2.24, 2.45) is 5.92 Å². The highest BCUT2D eigenvalue weighted by Gasteiger charge is 2.25. The van der Waals surface area contributed by atoms with Crippen LogP contribution in [-0.4, -0.2) is 53.1 Å². The van der Waals surface area contributed by atoms with Crippen LogP contribution in [0.1, 0.15) is 18.6 Å². The van der Waals surface area contributed by atoms with Crippen LogP contribution >= 0.6 is 0 Å². The fourth-order valence-corrected chi connectivity index (χ4v) is 4.57. The first-order valence-corrected chi connectivity index (χ1v) is 11.1. The minimum absolute atomic E-state index is 0.0708. The minimum atomic E-state index is -3.72. The Balaban J connectivity index is 1.52. The molecule has 1 amide bonds. The van der Waals surface area contributed by atoms with E-state index >= 15 is 0 Å². The zero-order valence-electron chi connectivity index (χ0n) is 17.0. The molecule has 1 aliphatic rings. The number of rotatable bonds is 8. The molecule has 2 aromatic rings. The van der Waals surface area contributed by atoms with E-state index in [1.54, 1.807) is 35.4 Å². The third kappa shape index (κ3) is 5.43. The lowest BCUT2D eigenvalue weighted by Gasteiger charge is -2.31. The Kier molecular flexibility index (Phi) is 7.17. The van der Waals surface area contributed by atoms with Crippen molar-refractivity contribution in [2.45, 2.75) is 17.7 Å². The van der Waals surface area contributed by atoms with E-state index in [9.17, 15) is 13.2 Å². The average molecular weight is 435 g/mol. The quantitative estimate of drug-likeness (QED) is 0.641. The Morgan fingerprint density at radius 2 is 2.00 bits per heavy atom. The van der Waals surface area contributed by atoms with Crippen molar-refractivity contribution in [1.82, 2.24) is 9.62 Å². The molecule has 1 saturated heterocycles. The molecular weight excluding hydrogens is 408 g/mol. The minimum Gasteiger partial charge on any atom is -0.497 e. The molecule has 3 rings (SSSR count). The summed E-state index contributed by atoms with van der Waals surface area (Å²) in [6, 6.07) is 8.12. The summed E-state index contributed by atoms with van der Waals surface area (Å²) in [5, 5.41) is 0. The zero-order chi connectivity index (χ0) is 21.6. The summed E-state index contributed by atoms with van der Waals surface area (Å²) in [4.78, 5) is 14.1. The molecule has 162 valence electrons. The third-order valence-corrected chi connectivity index (χ3v) is 6.54. The molecule has 1 aromatic carbocycles. The van der Waals surface area contributed by atoms with Crippen molar-refractivity contribution in [3.8, 4) is 11.5 Å². The Morgan fingerprint density at radius 1 is 1.23 bits per heavy atom. The first kappa shape index (κ1) is 21.9. The van der Waals surface area contributed by atoms with Crippen LogP contribution in [0.15, 0.2) is 52.0 Å². The van der Waals surface area contributed by atoms with E-state index < -0.39 is 10.0 Å². The van der Waals surface area contributed by atoms with Crippen molar-refractivity contribution in [3.05, 3.63) is 48.4 Å². The smallest absolute Gasteiger partial charge is 0.246 e. The van der Waals surface area contributed by atoms with Crippen LogP contribution in [0.2, 0.25) is 0 Å². The molecular formula is C21H26N2O6S. The second-order valence-electron chi connectivity index (χ2n) is 6.99. The molecule has 1 aliphatic heterocycles. The average Bonchev–Trinajstić information content (AvgIpc) is 3.29. The maximum absolute atomic E-state index is 12.7. The van der Waals surface area contributed by atoms with Gasteiger partial charge >= 0.3 is 0 Å². The van der Waals surface area contributed by atoms with Crippen LogP contribution in [0.5, 0.6) is 11.5 Å². The molecule has 0 atom stereocenters. The first-order chi connectivity index (χ1) is 14.4. The summed E-state index contributed by atoms with van der Waals surface area (Å²) < 4.78 is 43.6. The lowest BCUT2D eigenvalue weighted by Crippen LogP contribution is -2.41. The standard InChI is InChI=1S/C21H26N2O6S/c1-27-18-5-7-20(19(14-18)28-2)30(25,26)22-15-16-9-11-23(12-10-16)21(24)8-6-17-4-3-13-29-17/h3-8,13-14,16,22H,9-12,15H2,1-2H3/b8-6+. The number of methoxy groups -OCH3 is 2. The normalized spacial score (nSPS) is 15.5. The van der Waals surface area contributed by atoms with Crippen LogP contribution in [-0.2, 0) is 14.8 Å². The van der Waals surface area contributed by atoms with Gasteiger partial charge in [0.1, 0.15) is 22.2 Å². The van der Waals surface area contributed by atoms with Gasteiger partial charge in [-0.2, -0.15) is 0 Å². The zero-order valence-corrected chi connectivity index (χ0v) is 17.9. The maximum Gasteiger partial charge on any atom is 0.246 e. The number of furan rings is 1. The van der Waals surface area contributed by atoms with E-state index in [0.717, 1.165) is 12.8 Å². The number of hydrogen-bond donors (Lipinski definition) is 1. The number of piperidine rings is 1. The topological polar surface area (TPSA) is 98.1 Å². The number of ether oxygens (including phenoxy) is 2. The molecule has 9 heteroatoms. The van der Waals surface area contributed by atoms with Crippen LogP contribution in [0, 0.1) is 5.92 Å². The van der Waals surface area contributed by atoms with Gasteiger partial charge in [0.2, 0.25) is 15.9 Å². The number of nitrogens with zero attached hydrogens (tertiary/aromatic N) is 1. The van der Waals surface area contributed by atoms with Gasteiger partial charge in [0.15, 0.2) is 0 Å². The number of carbonyl (C=O) groups excluding carboxylic acids is 1. The highest BCUT2D eigenvalue weighted by atomic mass is 32.2. The first-order valence-electron chi connectivity index (χ1n) is 9.65. The highest BCUT2D eigenvalue weighted by molar-refractivity contribution is 7.89. The van der Waals surface area contributed by atoms with E-state index in [-0.39, 0.29) is 22.5 Å². The van der Waals surface area contributed by atoms with Crippen LogP contribution in [0.3, 0.4) is 0 Å².